The minimum absolute atomic E-state index is 0.0593. The van der Waals surface area contributed by atoms with Gasteiger partial charge in [0.25, 0.3) is 0 Å². The molecule has 35 heavy (non-hydrogen) atoms. The molecule has 2 aliphatic rings. The zero-order valence-electron chi connectivity index (χ0n) is 19.2. The monoisotopic (exact) mass is 557 g/mol. The highest BCUT2D eigenvalue weighted by atomic mass is 79.9. The highest BCUT2D eigenvalue weighted by molar-refractivity contribution is 9.10. The second-order valence-electron chi connectivity index (χ2n) is 9.36. The van der Waals surface area contributed by atoms with Gasteiger partial charge in [0.15, 0.2) is 5.82 Å². The maximum atomic E-state index is 13.7. The number of aromatic nitrogens is 3. The van der Waals surface area contributed by atoms with Gasteiger partial charge in [0, 0.05) is 23.7 Å². The van der Waals surface area contributed by atoms with Gasteiger partial charge in [-0.2, -0.15) is 5.10 Å². The molecule has 6 rings (SSSR count). The SMILES string of the molecule is Fc1ccc(Nc2nncc3c2c2cc(OCCCN4CCCC4)c(Br)cc2n3C2CC2)cc1Cl. The molecular formula is C26H26BrClFN5O. The maximum Gasteiger partial charge on any atom is 0.163 e. The Kier molecular flexibility index (Phi) is 6.28. The van der Waals surface area contributed by atoms with E-state index in [1.54, 1.807) is 12.1 Å². The Morgan fingerprint density at radius 3 is 2.74 bits per heavy atom. The van der Waals surface area contributed by atoms with Crippen molar-refractivity contribution in [2.75, 3.05) is 31.6 Å². The minimum atomic E-state index is -0.455. The van der Waals surface area contributed by atoms with E-state index < -0.39 is 5.82 Å². The van der Waals surface area contributed by atoms with Crippen molar-refractivity contribution in [3.63, 3.8) is 0 Å². The predicted molar refractivity (Wildman–Crippen MR) is 141 cm³/mol. The van der Waals surface area contributed by atoms with Crippen LogP contribution in [0, 0.1) is 5.82 Å². The first-order valence-electron chi connectivity index (χ1n) is 12.1. The summed E-state index contributed by atoms with van der Waals surface area (Å²) in [5.74, 6) is 0.974. The molecule has 3 heterocycles. The average Bonchev–Trinajstić information content (AvgIpc) is 3.44. The Hall–Kier alpha value is -2.42. The molecule has 0 amide bonds. The quantitative estimate of drug-likeness (QED) is 0.234. The van der Waals surface area contributed by atoms with Crippen LogP contribution < -0.4 is 10.1 Å². The summed E-state index contributed by atoms with van der Waals surface area (Å²) in [7, 11) is 0. The number of benzene rings is 2. The van der Waals surface area contributed by atoms with E-state index in [0.29, 0.717) is 24.2 Å². The van der Waals surface area contributed by atoms with Crippen molar-refractivity contribution >= 4 is 60.8 Å². The van der Waals surface area contributed by atoms with Gasteiger partial charge in [-0.15, -0.1) is 5.10 Å². The molecule has 1 saturated heterocycles. The molecule has 0 atom stereocenters. The minimum Gasteiger partial charge on any atom is -0.492 e. The molecular weight excluding hydrogens is 533 g/mol. The summed E-state index contributed by atoms with van der Waals surface area (Å²) in [6.45, 7) is 4.14. The number of nitrogens with one attached hydrogen (secondary N) is 1. The number of hydrogen-bond acceptors (Lipinski definition) is 5. The van der Waals surface area contributed by atoms with Crippen LogP contribution in [0.5, 0.6) is 5.75 Å². The Morgan fingerprint density at radius 2 is 1.97 bits per heavy atom. The van der Waals surface area contributed by atoms with Crippen LogP contribution in [0.25, 0.3) is 21.8 Å². The number of hydrogen-bond donors (Lipinski definition) is 1. The average molecular weight is 559 g/mol. The molecule has 6 nitrogen and oxygen atoms in total. The van der Waals surface area contributed by atoms with E-state index in [1.807, 2.05) is 6.20 Å². The zero-order chi connectivity index (χ0) is 23.9. The van der Waals surface area contributed by atoms with Gasteiger partial charge in [-0.25, -0.2) is 4.39 Å². The summed E-state index contributed by atoms with van der Waals surface area (Å²) >= 11 is 9.75. The highest BCUT2D eigenvalue weighted by Gasteiger charge is 2.29. The van der Waals surface area contributed by atoms with Crippen molar-refractivity contribution in [3.05, 3.63) is 51.8 Å². The molecule has 2 aromatic heterocycles. The van der Waals surface area contributed by atoms with Crippen LogP contribution in [0.4, 0.5) is 15.9 Å². The summed E-state index contributed by atoms with van der Waals surface area (Å²) in [4.78, 5) is 2.50. The molecule has 0 radical (unpaired) electrons. The lowest BCUT2D eigenvalue weighted by atomic mass is 10.2. The lowest BCUT2D eigenvalue weighted by Gasteiger charge is -2.15. The number of likely N-dealkylation sites (tertiary alicyclic amines) is 1. The van der Waals surface area contributed by atoms with E-state index in [4.69, 9.17) is 16.3 Å². The summed E-state index contributed by atoms with van der Waals surface area (Å²) in [5, 5.41) is 14.1. The second kappa shape index (κ2) is 9.56. The van der Waals surface area contributed by atoms with Crippen molar-refractivity contribution in [2.24, 2.45) is 0 Å². The third kappa shape index (κ3) is 4.59. The van der Waals surface area contributed by atoms with Crippen molar-refractivity contribution in [2.45, 2.75) is 38.1 Å². The molecule has 1 N–H and O–H groups in total. The summed E-state index contributed by atoms with van der Waals surface area (Å²) in [6, 6.07) is 9.24. The van der Waals surface area contributed by atoms with Crippen LogP contribution in [0.15, 0.2) is 41.0 Å². The Morgan fingerprint density at radius 1 is 1.14 bits per heavy atom. The van der Waals surface area contributed by atoms with Gasteiger partial charge in [0.2, 0.25) is 0 Å². The standard InChI is InChI=1S/C26H26BrClFN5O/c27-19-14-22-18(13-24(19)35-11-3-10-33-8-1-2-9-33)25-23(34(22)17-5-6-17)15-30-32-26(25)31-16-4-7-21(29)20(28)12-16/h4,7,12-15,17H,1-3,5-6,8-11H2,(H,31,32). The summed E-state index contributed by atoms with van der Waals surface area (Å²) in [5.41, 5.74) is 2.79. The fourth-order valence-corrected chi connectivity index (χ4v) is 5.64. The van der Waals surface area contributed by atoms with Crippen LogP contribution in [0.2, 0.25) is 5.02 Å². The van der Waals surface area contributed by atoms with E-state index in [9.17, 15) is 4.39 Å². The Bertz CT molecular complexity index is 1400. The van der Waals surface area contributed by atoms with Crippen molar-refractivity contribution in [1.82, 2.24) is 19.7 Å². The van der Waals surface area contributed by atoms with Gasteiger partial charge in [-0.1, -0.05) is 11.6 Å². The normalized spacial score (nSPS) is 16.4. The Labute approximate surface area is 216 Å². The molecule has 1 saturated carbocycles. The van der Waals surface area contributed by atoms with E-state index in [-0.39, 0.29) is 5.02 Å². The molecule has 0 spiro atoms. The molecule has 182 valence electrons. The molecule has 1 aliphatic heterocycles. The number of fused-ring (bicyclic) bond motifs is 3. The van der Waals surface area contributed by atoms with E-state index in [1.165, 1.54) is 32.0 Å². The molecule has 2 fully saturated rings. The molecule has 0 unspecified atom stereocenters. The van der Waals surface area contributed by atoms with E-state index in [2.05, 4.69) is 53.0 Å². The largest absolute Gasteiger partial charge is 0.492 e. The van der Waals surface area contributed by atoms with Gasteiger partial charge < -0.3 is 19.5 Å². The first-order chi connectivity index (χ1) is 17.1. The summed E-state index contributed by atoms with van der Waals surface area (Å²) in [6.07, 6.45) is 7.71. The second-order valence-corrected chi connectivity index (χ2v) is 10.6. The van der Waals surface area contributed by atoms with E-state index >= 15 is 0 Å². The van der Waals surface area contributed by atoms with Crippen molar-refractivity contribution < 1.29 is 9.13 Å². The summed E-state index contributed by atoms with van der Waals surface area (Å²) < 4.78 is 23.2. The predicted octanol–water partition coefficient (Wildman–Crippen LogP) is 7.08. The van der Waals surface area contributed by atoms with Crippen LogP contribution in [-0.2, 0) is 0 Å². The lowest BCUT2D eigenvalue weighted by Crippen LogP contribution is -2.21. The topological polar surface area (TPSA) is 55.2 Å². The van der Waals surface area contributed by atoms with Gasteiger partial charge >= 0.3 is 0 Å². The fourth-order valence-electron chi connectivity index (χ4n) is 5.01. The van der Waals surface area contributed by atoms with E-state index in [0.717, 1.165) is 57.8 Å². The fraction of sp³-hybridized carbons (Fsp3) is 0.385. The lowest BCUT2D eigenvalue weighted by molar-refractivity contribution is 0.262. The third-order valence-corrected chi connectivity index (χ3v) is 7.75. The van der Waals surface area contributed by atoms with Gasteiger partial charge in [0.1, 0.15) is 11.6 Å². The maximum absolute atomic E-state index is 13.7. The third-order valence-electron chi connectivity index (χ3n) is 6.84. The molecule has 9 heteroatoms. The number of nitrogens with zero attached hydrogens (tertiary/aromatic N) is 4. The van der Waals surface area contributed by atoms with Crippen LogP contribution >= 0.6 is 27.5 Å². The smallest absolute Gasteiger partial charge is 0.163 e. The van der Waals surface area contributed by atoms with Gasteiger partial charge in [-0.3, -0.25) is 0 Å². The molecule has 4 aromatic rings. The first-order valence-corrected chi connectivity index (χ1v) is 13.3. The first kappa shape index (κ1) is 23.0. The van der Waals surface area contributed by atoms with Crippen molar-refractivity contribution in [3.8, 4) is 5.75 Å². The van der Waals surface area contributed by atoms with Crippen molar-refractivity contribution in [1.29, 1.82) is 0 Å². The molecule has 2 aromatic carbocycles. The van der Waals surface area contributed by atoms with Crippen LogP contribution in [-0.4, -0.2) is 45.9 Å². The Balaban J connectivity index is 1.37. The molecule has 0 bridgehead atoms. The number of halogens is 3. The molecule has 1 aliphatic carbocycles. The van der Waals surface area contributed by atoms with Gasteiger partial charge in [0.05, 0.1) is 38.7 Å². The highest BCUT2D eigenvalue weighted by Crippen LogP contribution is 2.46. The number of anilines is 2. The number of ether oxygens (including phenoxy) is 1. The zero-order valence-corrected chi connectivity index (χ0v) is 21.6. The van der Waals surface area contributed by atoms with Gasteiger partial charge in [-0.05, 0) is 91.5 Å². The van der Waals surface area contributed by atoms with Crippen LogP contribution in [0.1, 0.15) is 38.1 Å². The van der Waals surface area contributed by atoms with Crippen LogP contribution in [0.3, 0.4) is 0 Å². The number of rotatable bonds is 8.